The van der Waals surface area contributed by atoms with Gasteiger partial charge in [-0.1, -0.05) is 58.8 Å². The maximum atomic E-state index is 11.9. The quantitative estimate of drug-likeness (QED) is 0.0203. The number of benzene rings is 5. The molecule has 0 unspecified atom stereocenters. The highest BCUT2D eigenvalue weighted by Crippen LogP contribution is 2.40. The summed E-state index contributed by atoms with van der Waals surface area (Å²) in [5.74, 6) is 9.14. The van der Waals surface area contributed by atoms with Crippen molar-refractivity contribution in [1.29, 1.82) is 0 Å². The number of aryl methyl sites for hydroxylation is 8. The lowest BCUT2D eigenvalue weighted by molar-refractivity contribution is -0.118. The Morgan fingerprint density at radius 1 is 0.312 bits per heavy atom. The van der Waals surface area contributed by atoms with E-state index in [2.05, 4.69) is 129 Å². The van der Waals surface area contributed by atoms with Crippen LogP contribution in [0.15, 0.2) is 275 Å². The van der Waals surface area contributed by atoms with Crippen LogP contribution < -0.4 is 53.2 Å². The number of aromatic nitrogens is 25. The van der Waals surface area contributed by atoms with Crippen molar-refractivity contribution in [3.05, 3.63) is 272 Å². The monoisotopic (exact) mass is 2020 g/mol. The first-order chi connectivity index (χ1) is 69.8. The van der Waals surface area contributed by atoms with E-state index in [9.17, 15) is 24.0 Å². The molecule has 0 aliphatic heterocycles. The second-order valence-corrected chi connectivity index (χ2v) is 39.8. The number of aromatic amines is 5. The van der Waals surface area contributed by atoms with Crippen LogP contribution in [0.5, 0.6) is 0 Å². The summed E-state index contributed by atoms with van der Waals surface area (Å²) >= 11 is 7.72. The van der Waals surface area contributed by atoms with Crippen molar-refractivity contribution in [1.82, 2.24) is 123 Å². The normalized spacial score (nSPS) is 12.5. The predicted molar refractivity (Wildman–Crippen MR) is 558 cm³/mol. The van der Waals surface area contributed by atoms with Gasteiger partial charge in [-0.25, -0.2) is 49.8 Å². The summed E-state index contributed by atoms with van der Waals surface area (Å²) in [6.07, 6.45) is 20.4. The van der Waals surface area contributed by atoms with Gasteiger partial charge in [0.2, 0.25) is 53.3 Å². The molecule has 144 heavy (non-hydrogen) atoms. The fraction of sp³-hybridized carbons (Fsp3) is 0.192. The Morgan fingerprint density at radius 2 is 0.604 bits per heavy atom. The predicted octanol–water partition coefficient (Wildman–Crippen LogP) is 20.2. The minimum Gasteiger partial charge on any atom is -0.326 e. The van der Waals surface area contributed by atoms with E-state index in [4.69, 9.17) is 24.9 Å². The highest BCUT2D eigenvalue weighted by molar-refractivity contribution is 8.00. The molecule has 3 saturated carbocycles. The van der Waals surface area contributed by atoms with E-state index in [0.717, 1.165) is 190 Å². The maximum Gasteiger partial charge on any atom is 0.227 e. The molecule has 728 valence electrons. The number of carbonyl (C=O) groups excluding carboxylic acids is 5. The molecule has 0 atom stereocenters. The fourth-order valence-electron chi connectivity index (χ4n) is 14.7. The molecule has 3 aliphatic carbocycles. The molecule has 3 fully saturated rings. The Kier molecular flexibility index (Phi) is 28.9. The average molecular weight is 2020 g/mol. The lowest BCUT2D eigenvalue weighted by Gasteiger charge is -2.10. The Labute approximate surface area is 844 Å². The Morgan fingerprint density at radius 3 is 0.910 bits per heavy atom. The van der Waals surface area contributed by atoms with Crippen molar-refractivity contribution in [2.45, 2.75) is 157 Å². The molecular formula is C99H97N35O5S5. The van der Waals surface area contributed by atoms with Crippen molar-refractivity contribution in [2.24, 2.45) is 17.8 Å². The van der Waals surface area contributed by atoms with Crippen molar-refractivity contribution < 1.29 is 24.0 Å². The lowest BCUT2D eigenvalue weighted by Crippen LogP contribution is -2.12. The molecule has 0 radical (unpaired) electrons. The molecule has 40 nitrogen and oxygen atoms in total. The van der Waals surface area contributed by atoms with Gasteiger partial charge in [0.15, 0.2) is 40.6 Å². The van der Waals surface area contributed by atoms with Crippen LogP contribution in [-0.2, 0) is 24.0 Å². The van der Waals surface area contributed by atoms with Crippen molar-refractivity contribution in [3.63, 3.8) is 0 Å². The van der Waals surface area contributed by atoms with Crippen LogP contribution in [0.2, 0.25) is 0 Å². The number of hydrogen-bond donors (Lipinski definition) is 15. The van der Waals surface area contributed by atoms with Crippen LogP contribution in [0.25, 0.3) is 27.7 Å². The van der Waals surface area contributed by atoms with Gasteiger partial charge in [0.05, 0.1) is 46.9 Å². The van der Waals surface area contributed by atoms with Gasteiger partial charge in [-0.15, -0.1) is 0 Å². The molecule has 0 bridgehead atoms. The standard InChI is InChI=1S/2C21H21N7OS.C20H19N7OS.C19H19N7OS.C18H17N7OS/c1-12-9-18(27-26-12)24-21-25-19(10-16-11-22-13(2)28(16)21)30-17-7-5-15(6-8-17)23-20(29)14-3-4-14;1-12-9-17(27-26-12)24-19-20-22-10-13(2)28(20)11-18(25-19)30-16-7-5-15(6-8-16)23-21(29)14-3-4-14;1-12-8-17(26-25-12)23-20-24-18(9-15-10-21-11-27(15)20)29-16-6-4-14(5-7-16)22-19(28)13-2-3-13;1-11-8-17(25-24-11)22-19-23-18(9-15-10-20-12(2)26(15)19)28-16-6-4-14(5-7-16)21-13(3)27;1-11-7-16(24-23-11)21-18-22-17(8-14-9-19-10-25(14)18)27-15-5-3-13(4-6-15)20-12(2)26/h2*5-11,14H,3-4H2,1-2H3,(H,23,29)(H2,24,25,26,27);4-11,13H,2-3H2,1H3,(H,22,28)(H2,23,24,25,26);4-10H,1-3H3,(H,21,27)(H2,22,23,24,25);3-10H,1-2H3,(H,20,26)(H2,21,22,23,24). The van der Waals surface area contributed by atoms with Crippen LogP contribution in [0.1, 0.15) is 98.2 Å². The molecule has 20 aromatic rings. The lowest BCUT2D eigenvalue weighted by atomic mass is 10.3. The number of H-pyrrole nitrogens is 5. The van der Waals surface area contributed by atoms with Crippen molar-refractivity contribution >= 4 is 203 Å². The zero-order valence-corrected chi connectivity index (χ0v) is 83.4. The minimum atomic E-state index is -0.0902. The smallest absolute Gasteiger partial charge is 0.227 e. The van der Waals surface area contributed by atoms with Crippen LogP contribution in [0.3, 0.4) is 0 Å². The second kappa shape index (κ2) is 43.2. The van der Waals surface area contributed by atoms with Crippen molar-refractivity contribution in [3.8, 4) is 0 Å². The van der Waals surface area contributed by atoms with Gasteiger partial charge < -0.3 is 53.2 Å². The van der Waals surface area contributed by atoms with Gasteiger partial charge in [-0.2, -0.15) is 25.5 Å². The molecule has 5 amide bonds. The van der Waals surface area contributed by atoms with Gasteiger partial charge in [0.25, 0.3) is 0 Å². The van der Waals surface area contributed by atoms with Crippen LogP contribution in [-0.4, -0.2) is 152 Å². The summed E-state index contributed by atoms with van der Waals surface area (Å²) in [4.78, 5) is 109. The topological polar surface area (TPSA) is 500 Å². The Hall–Kier alpha value is -16.7. The first-order valence-electron chi connectivity index (χ1n) is 45.8. The highest BCUT2D eigenvalue weighted by Gasteiger charge is 2.32. The van der Waals surface area contributed by atoms with Crippen LogP contribution in [0.4, 0.5) is 87.1 Å². The van der Waals surface area contributed by atoms with Crippen molar-refractivity contribution in [2.75, 3.05) is 53.2 Å². The van der Waals surface area contributed by atoms with E-state index >= 15 is 0 Å². The highest BCUT2D eigenvalue weighted by atomic mass is 32.2. The molecule has 0 saturated heterocycles. The number of amides is 5. The van der Waals surface area contributed by atoms with E-state index < -0.39 is 0 Å². The molecular weight excluding hydrogens is 1920 g/mol. The van der Waals surface area contributed by atoms with Crippen LogP contribution in [0, 0.1) is 73.1 Å². The largest absolute Gasteiger partial charge is 0.326 e. The first-order valence-corrected chi connectivity index (χ1v) is 49.9. The third-order valence-corrected chi connectivity index (χ3v) is 26.8. The van der Waals surface area contributed by atoms with E-state index in [1.165, 1.54) is 37.4 Å². The number of fused-ring (bicyclic) bond motifs is 5. The van der Waals surface area contributed by atoms with Crippen LogP contribution >= 0.6 is 58.8 Å². The number of rotatable bonds is 28. The molecule has 15 N–H and O–H groups in total. The second-order valence-electron chi connectivity index (χ2n) is 34.3. The zero-order valence-electron chi connectivity index (χ0n) is 79.4. The summed E-state index contributed by atoms with van der Waals surface area (Å²) in [6, 6.07) is 56.3. The van der Waals surface area contributed by atoms with E-state index in [1.807, 2.05) is 278 Å². The van der Waals surface area contributed by atoms with Gasteiger partial charge >= 0.3 is 0 Å². The first kappa shape index (κ1) is 96.2. The number of imidazole rings is 5. The molecule has 5 aromatic carbocycles. The van der Waals surface area contributed by atoms with Gasteiger partial charge in [-0.05, 0) is 240 Å². The molecule has 0 spiro atoms. The number of nitrogens with zero attached hydrogens (tertiary/aromatic N) is 20. The molecule has 23 rings (SSSR count). The van der Waals surface area contributed by atoms with Gasteiger partial charge in [-0.3, -0.25) is 71.5 Å². The van der Waals surface area contributed by atoms with Gasteiger partial charge in [0, 0.05) is 161 Å². The number of carbonyl (C=O) groups is 5. The summed E-state index contributed by atoms with van der Waals surface area (Å²) in [5.41, 5.74) is 14.3. The molecule has 45 heteroatoms. The van der Waals surface area contributed by atoms with Gasteiger partial charge in [0.1, 0.15) is 49.4 Å². The summed E-state index contributed by atoms with van der Waals surface area (Å²) in [6.45, 7) is 18.6. The van der Waals surface area contributed by atoms with E-state index in [-0.39, 0.29) is 47.3 Å². The SMILES string of the molecule is CC(=O)Nc1ccc(Sc2cc3cnc(C)n3c(Nc3cc(C)[nH]n3)n2)cc1.CC(=O)Nc1ccc(Sc2cc3cncn3c(Nc3cc(C)[nH]n3)n2)cc1.Cc1cc(Nc2nc(Sc3ccc(NC(=O)C4CC4)cc3)cc3cnc(C)n23)n[nH]1.Cc1cc(Nc2nc(Sc3ccc(NC(=O)C4CC4)cc3)cc3cncn23)n[nH]1.Cc1cc(Nc2nc(Sc3ccc(NC(=O)C4CC4)cc3)cn3c(C)cnc23)n[nH]1. The Balaban J connectivity index is 0.000000114. The average Bonchev–Trinajstić information content (AvgIpc) is 1.66. The number of hydrogen-bond acceptors (Lipinski definition) is 30. The summed E-state index contributed by atoms with van der Waals surface area (Å²) in [7, 11) is 0. The van der Waals surface area contributed by atoms with E-state index in [0.29, 0.717) is 58.7 Å². The number of nitrogens with one attached hydrogen (secondary N) is 15. The molecule has 3 aliphatic rings. The third-order valence-electron chi connectivity index (χ3n) is 22.2. The molecule has 15 heterocycles. The Bertz CT molecular complexity index is 8050. The fourth-order valence-corrected chi connectivity index (χ4v) is 18.8. The third kappa shape index (κ3) is 25.0. The summed E-state index contributed by atoms with van der Waals surface area (Å²) < 4.78 is 9.68. The molecule has 15 aromatic heterocycles. The van der Waals surface area contributed by atoms with E-state index in [1.54, 1.807) is 60.3 Å². The summed E-state index contributed by atoms with van der Waals surface area (Å²) in [5, 5.41) is 70.5. The minimum absolute atomic E-state index is 0.0899. The zero-order chi connectivity index (χ0) is 99.6. The maximum absolute atomic E-state index is 11.9. The number of anilines is 15.